The molecule has 0 spiro atoms. The van der Waals surface area contributed by atoms with E-state index in [1.807, 2.05) is 6.07 Å². The monoisotopic (exact) mass is 502 g/mol. The first kappa shape index (κ1) is 20.1. The van der Waals surface area contributed by atoms with Gasteiger partial charge in [-0.2, -0.15) is 0 Å². The highest BCUT2D eigenvalue weighted by Crippen LogP contribution is 2.32. The number of halogens is 2. The van der Waals surface area contributed by atoms with E-state index in [-0.39, 0.29) is 11.8 Å². The molecular formula is C21H16Br2N2O3. The van der Waals surface area contributed by atoms with E-state index >= 15 is 0 Å². The first-order chi connectivity index (χ1) is 13.5. The predicted octanol–water partition coefficient (Wildman–Crippen LogP) is 5.72. The average Bonchev–Trinajstić information content (AvgIpc) is 2.70. The zero-order valence-corrected chi connectivity index (χ0v) is 18.0. The topological polar surface area (TPSA) is 67.4 Å². The third-order valence-corrected chi connectivity index (χ3v) is 5.01. The van der Waals surface area contributed by atoms with Gasteiger partial charge in [-0.25, -0.2) is 0 Å². The van der Waals surface area contributed by atoms with E-state index in [0.717, 1.165) is 0 Å². The Hall–Kier alpha value is -2.64. The lowest BCUT2D eigenvalue weighted by atomic mass is 10.1. The zero-order chi connectivity index (χ0) is 20.1. The van der Waals surface area contributed by atoms with Gasteiger partial charge in [-0.3, -0.25) is 9.59 Å². The summed E-state index contributed by atoms with van der Waals surface area (Å²) in [5, 5.41) is 5.65. The van der Waals surface area contributed by atoms with E-state index < -0.39 is 0 Å². The van der Waals surface area contributed by atoms with Gasteiger partial charge in [0.15, 0.2) is 0 Å². The van der Waals surface area contributed by atoms with Crippen molar-refractivity contribution in [3.8, 4) is 5.75 Å². The molecule has 0 aliphatic heterocycles. The molecule has 0 aliphatic rings. The van der Waals surface area contributed by atoms with Crippen molar-refractivity contribution in [1.29, 1.82) is 0 Å². The van der Waals surface area contributed by atoms with Crippen LogP contribution in [0.5, 0.6) is 5.75 Å². The Bertz CT molecular complexity index is 1010. The van der Waals surface area contributed by atoms with Crippen LogP contribution in [0, 0.1) is 0 Å². The summed E-state index contributed by atoms with van der Waals surface area (Å²) < 4.78 is 6.42. The lowest BCUT2D eigenvalue weighted by molar-refractivity contribution is 0.102. The fourth-order valence-corrected chi connectivity index (χ4v) is 3.85. The van der Waals surface area contributed by atoms with Crippen LogP contribution in [-0.2, 0) is 0 Å². The van der Waals surface area contributed by atoms with Crippen molar-refractivity contribution in [2.75, 3.05) is 17.7 Å². The molecule has 0 aliphatic carbocycles. The number of hydrogen-bond donors (Lipinski definition) is 2. The largest absolute Gasteiger partial charge is 0.497 e. The minimum absolute atomic E-state index is 0.304. The fraction of sp³-hybridized carbons (Fsp3) is 0.0476. The van der Waals surface area contributed by atoms with Gasteiger partial charge < -0.3 is 15.4 Å². The molecule has 5 nitrogen and oxygen atoms in total. The van der Waals surface area contributed by atoms with E-state index in [4.69, 9.17) is 4.74 Å². The number of carbonyl (C=O) groups is 2. The smallest absolute Gasteiger partial charge is 0.257 e. The number of hydrogen-bond acceptors (Lipinski definition) is 3. The standard InChI is InChI=1S/C21H16Br2N2O3/c1-28-16-9-7-15(8-10-16)24-21(27)17-11-14(22)12-18(23)19(17)25-20(26)13-5-3-2-4-6-13/h2-12H,1H3,(H,24,27)(H,25,26). The maximum absolute atomic E-state index is 12.9. The van der Waals surface area contributed by atoms with Gasteiger partial charge in [0, 0.05) is 20.2 Å². The molecule has 0 aromatic heterocycles. The Kier molecular flexibility index (Phi) is 6.49. The molecule has 0 bridgehead atoms. The fourth-order valence-electron chi connectivity index (χ4n) is 2.53. The molecule has 0 radical (unpaired) electrons. The molecule has 3 aromatic carbocycles. The third-order valence-electron chi connectivity index (χ3n) is 3.92. The van der Waals surface area contributed by atoms with Crippen LogP contribution in [0.25, 0.3) is 0 Å². The summed E-state index contributed by atoms with van der Waals surface area (Å²) in [6, 6.07) is 19.2. The molecule has 2 N–H and O–H groups in total. The van der Waals surface area contributed by atoms with Crippen LogP contribution in [0.4, 0.5) is 11.4 Å². The third kappa shape index (κ3) is 4.79. The van der Waals surface area contributed by atoms with Gasteiger partial charge in [-0.15, -0.1) is 0 Å². The van der Waals surface area contributed by atoms with Crippen molar-refractivity contribution in [2.24, 2.45) is 0 Å². The highest BCUT2D eigenvalue weighted by atomic mass is 79.9. The van der Waals surface area contributed by atoms with Crippen molar-refractivity contribution in [3.63, 3.8) is 0 Å². The van der Waals surface area contributed by atoms with Crippen LogP contribution in [0.15, 0.2) is 75.7 Å². The number of amides is 2. The zero-order valence-electron chi connectivity index (χ0n) is 14.8. The van der Waals surface area contributed by atoms with E-state index in [1.54, 1.807) is 67.8 Å². The van der Waals surface area contributed by atoms with Crippen molar-refractivity contribution in [2.45, 2.75) is 0 Å². The maximum atomic E-state index is 12.9. The number of benzene rings is 3. The molecule has 3 rings (SSSR count). The normalized spacial score (nSPS) is 10.2. The minimum Gasteiger partial charge on any atom is -0.497 e. The van der Waals surface area contributed by atoms with E-state index in [2.05, 4.69) is 42.5 Å². The molecule has 0 unspecified atom stereocenters. The van der Waals surface area contributed by atoms with Crippen molar-refractivity contribution >= 4 is 55.0 Å². The molecule has 142 valence electrons. The van der Waals surface area contributed by atoms with Gasteiger partial charge in [0.25, 0.3) is 11.8 Å². The van der Waals surface area contributed by atoms with Crippen molar-refractivity contribution in [3.05, 3.63) is 86.8 Å². The summed E-state index contributed by atoms with van der Waals surface area (Å²) in [5.74, 6) is 0.0386. The van der Waals surface area contributed by atoms with Gasteiger partial charge in [0.1, 0.15) is 5.75 Å². The lowest BCUT2D eigenvalue weighted by Gasteiger charge is -2.14. The van der Waals surface area contributed by atoms with Crippen LogP contribution in [0.3, 0.4) is 0 Å². The van der Waals surface area contributed by atoms with Crippen LogP contribution in [0.2, 0.25) is 0 Å². The predicted molar refractivity (Wildman–Crippen MR) is 117 cm³/mol. The van der Waals surface area contributed by atoms with Crippen LogP contribution in [0.1, 0.15) is 20.7 Å². The number of carbonyl (C=O) groups excluding carboxylic acids is 2. The molecule has 2 amide bonds. The summed E-state index contributed by atoms with van der Waals surface area (Å²) in [7, 11) is 1.58. The molecule has 0 heterocycles. The Morgan fingerprint density at radius 3 is 2.18 bits per heavy atom. The summed E-state index contributed by atoms with van der Waals surface area (Å²) in [4.78, 5) is 25.4. The number of ether oxygens (including phenoxy) is 1. The summed E-state index contributed by atoms with van der Waals surface area (Å²) in [6.45, 7) is 0. The van der Waals surface area contributed by atoms with Crippen LogP contribution in [-0.4, -0.2) is 18.9 Å². The van der Waals surface area contributed by atoms with Gasteiger partial charge in [-0.1, -0.05) is 34.1 Å². The first-order valence-corrected chi connectivity index (χ1v) is 9.87. The van der Waals surface area contributed by atoms with Crippen molar-refractivity contribution in [1.82, 2.24) is 0 Å². The molecule has 3 aromatic rings. The molecule has 0 saturated carbocycles. The van der Waals surface area contributed by atoms with E-state index in [9.17, 15) is 9.59 Å². The molecule has 0 saturated heterocycles. The Morgan fingerprint density at radius 1 is 0.857 bits per heavy atom. The molecular weight excluding hydrogens is 488 g/mol. The second-order valence-corrected chi connectivity index (χ2v) is 7.58. The molecule has 0 fully saturated rings. The lowest BCUT2D eigenvalue weighted by Crippen LogP contribution is -2.19. The second kappa shape index (κ2) is 9.03. The molecule has 28 heavy (non-hydrogen) atoms. The highest BCUT2D eigenvalue weighted by molar-refractivity contribution is 9.11. The number of nitrogens with one attached hydrogen (secondary N) is 2. The van der Waals surface area contributed by atoms with Gasteiger partial charge in [0.05, 0.1) is 18.4 Å². The van der Waals surface area contributed by atoms with Crippen LogP contribution < -0.4 is 15.4 Å². The van der Waals surface area contributed by atoms with Crippen molar-refractivity contribution < 1.29 is 14.3 Å². The summed E-state index contributed by atoms with van der Waals surface area (Å²) >= 11 is 6.82. The Morgan fingerprint density at radius 2 is 1.54 bits per heavy atom. The Labute approximate surface area is 179 Å². The minimum atomic E-state index is -0.351. The number of methoxy groups -OCH3 is 1. The second-order valence-electron chi connectivity index (χ2n) is 5.81. The average molecular weight is 504 g/mol. The van der Waals surface area contributed by atoms with Gasteiger partial charge >= 0.3 is 0 Å². The summed E-state index contributed by atoms with van der Waals surface area (Å²) in [6.07, 6.45) is 0. The first-order valence-electron chi connectivity index (χ1n) is 8.29. The Balaban J connectivity index is 1.89. The van der Waals surface area contributed by atoms with Gasteiger partial charge in [0.2, 0.25) is 0 Å². The summed E-state index contributed by atoms with van der Waals surface area (Å²) in [5.41, 5.74) is 1.82. The quantitative estimate of drug-likeness (QED) is 0.467. The SMILES string of the molecule is COc1ccc(NC(=O)c2cc(Br)cc(Br)c2NC(=O)c2ccccc2)cc1. The number of rotatable bonds is 5. The molecule has 0 atom stereocenters. The molecule has 7 heteroatoms. The maximum Gasteiger partial charge on any atom is 0.257 e. The van der Waals surface area contributed by atoms with E-state index in [1.165, 1.54) is 0 Å². The van der Waals surface area contributed by atoms with Gasteiger partial charge in [-0.05, 0) is 64.5 Å². The highest BCUT2D eigenvalue weighted by Gasteiger charge is 2.18. The van der Waals surface area contributed by atoms with Crippen LogP contribution >= 0.6 is 31.9 Å². The number of anilines is 2. The van der Waals surface area contributed by atoms with E-state index in [0.29, 0.717) is 37.2 Å².